The van der Waals surface area contributed by atoms with Gasteiger partial charge in [-0.1, -0.05) is 36.4 Å². The van der Waals surface area contributed by atoms with Crippen LogP contribution < -0.4 is 38.5 Å². The first kappa shape index (κ1) is 58.5. The SMILES string of the molecule is CC1CCc2ccccc2N1S(=O)(=O)NC(=O)N[C@@H](Cc1cc(F)cc(F)c1)C(=O)N(C)c1ccc2scnc2c1.CC1CCc2ccccc2N1S(=O)(=O)NC(=O)N[C@@H](Cc1cc(F)cc(F)c1)C(=O)N(C)c1ccc2scnc2c1. The third-order valence-corrected chi connectivity index (χ3v) is 18.5. The number of nitrogens with one attached hydrogen (secondary N) is 4. The van der Waals surface area contributed by atoms with Crippen LogP contribution in [0, 0.1) is 23.3 Å². The number of benzene rings is 6. The number of rotatable bonds is 14. The van der Waals surface area contributed by atoms with Crippen molar-refractivity contribution in [1.82, 2.24) is 30.0 Å². The molecule has 8 aromatic rings. The van der Waals surface area contributed by atoms with Crippen molar-refractivity contribution in [1.29, 1.82) is 0 Å². The molecule has 0 bridgehead atoms. The normalized spacial score (nSPS) is 15.7. The lowest BCUT2D eigenvalue weighted by atomic mass is 9.99. The highest BCUT2D eigenvalue weighted by atomic mass is 32.2. The molecule has 26 heteroatoms. The molecule has 2 aliphatic rings. The van der Waals surface area contributed by atoms with E-state index in [1.54, 1.807) is 85.5 Å². The van der Waals surface area contributed by atoms with Gasteiger partial charge in [-0.05, 0) is 135 Å². The molecule has 6 aromatic carbocycles. The average Bonchev–Trinajstić information content (AvgIpc) is 4.17. The molecule has 82 heavy (non-hydrogen) atoms. The van der Waals surface area contributed by atoms with E-state index in [4.69, 9.17) is 0 Å². The highest BCUT2D eigenvalue weighted by Crippen LogP contribution is 2.34. The number of fused-ring (bicyclic) bond motifs is 4. The summed E-state index contributed by atoms with van der Waals surface area (Å²) in [7, 11) is -5.78. The van der Waals surface area contributed by atoms with Gasteiger partial charge in [-0.15, -0.1) is 22.7 Å². The number of amides is 6. The number of halogens is 4. The van der Waals surface area contributed by atoms with Gasteiger partial charge in [0, 0.05) is 62.5 Å². The summed E-state index contributed by atoms with van der Waals surface area (Å²) in [5.74, 6) is -4.66. The van der Waals surface area contributed by atoms with Gasteiger partial charge in [0.25, 0.3) is 0 Å². The smallest absolute Gasteiger partial charge is 0.325 e. The second-order valence-electron chi connectivity index (χ2n) is 19.7. The number of nitrogens with zero attached hydrogens (tertiary/aromatic N) is 6. The zero-order valence-electron chi connectivity index (χ0n) is 44.3. The highest BCUT2D eigenvalue weighted by Gasteiger charge is 2.37. The molecule has 4 heterocycles. The van der Waals surface area contributed by atoms with Crippen molar-refractivity contribution in [2.75, 3.05) is 32.5 Å². The van der Waals surface area contributed by atoms with Crippen molar-refractivity contribution in [2.45, 2.75) is 76.5 Å². The van der Waals surface area contributed by atoms with Crippen LogP contribution >= 0.6 is 22.7 Å². The molecule has 428 valence electrons. The molecule has 0 spiro atoms. The number of carbonyl (C=O) groups excluding carboxylic acids is 4. The average molecular weight is 1200 g/mol. The lowest BCUT2D eigenvalue weighted by Crippen LogP contribution is -2.56. The van der Waals surface area contributed by atoms with Crippen LogP contribution in [0.1, 0.15) is 48.9 Å². The molecule has 0 saturated heterocycles. The first-order valence-corrected chi connectivity index (χ1v) is 30.2. The van der Waals surface area contributed by atoms with E-state index in [2.05, 4.69) is 20.6 Å². The molecule has 6 amide bonds. The van der Waals surface area contributed by atoms with Crippen LogP contribution in [0.3, 0.4) is 0 Å². The lowest BCUT2D eigenvalue weighted by Gasteiger charge is -2.35. The highest BCUT2D eigenvalue weighted by molar-refractivity contribution is 7.91. The standard InChI is InChI=1S/2C28H27F2N5O4S2/c2*1-17-7-8-19-5-3-4-6-25(19)35(17)41(38,39)33-28(37)32-24(13-18-11-20(29)14-21(30)12-18)27(36)34(2)22-9-10-26-23(15-22)31-16-40-26/h2*3-6,9-12,14-17,24H,7-8,13H2,1-2H3,(H2,32,33,37)/t2*17?,24-/m00/s1. The summed E-state index contributed by atoms with van der Waals surface area (Å²) in [6, 6.07) is 24.1. The maximum Gasteiger partial charge on any atom is 0.330 e. The third-order valence-electron chi connectivity index (χ3n) is 13.9. The Morgan fingerprint density at radius 2 is 0.927 bits per heavy atom. The number of para-hydroxylation sites is 2. The number of urea groups is 2. The fourth-order valence-electron chi connectivity index (χ4n) is 9.91. The molecular formula is C56H54F4N10O8S4. The van der Waals surface area contributed by atoms with Crippen molar-refractivity contribution in [3.05, 3.63) is 178 Å². The van der Waals surface area contributed by atoms with Crippen LogP contribution in [0.5, 0.6) is 0 Å². The van der Waals surface area contributed by atoms with Gasteiger partial charge in [0.1, 0.15) is 35.4 Å². The van der Waals surface area contributed by atoms with Gasteiger partial charge in [-0.25, -0.2) is 46.6 Å². The number of carbonyl (C=O) groups is 4. The predicted octanol–water partition coefficient (Wildman–Crippen LogP) is 9.07. The Balaban J connectivity index is 0.000000198. The van der Waals surface area contributed by atoms with Crippen molar-refractivity contribution in [3.63, 3.8) is 0 Å². The van der Waals surface area contributed by atoms with Gasteiger partial charge in [-0.2, -0.15) is 16.8 Å². The number of likely N-dealkylation sites (N-methyl/N-ethyl adjacent to an activating group) is 2. The van der Waals surface area contributed by atoms with E-state index in [0.29, 0.717) is 71.6 Å². The largest absolute Gasteiger partial charge is 0.330 e. The number of anilines is 4. The fraction of sp³-hybridized carbons (Fsp3) is 0.250. The third kappa shape index (κ3) is 13.4. The second kappa shape index (κ2) is 24.5. The number of hydrogen-bond donors (Lipinski definition) is 4. The molecule has 18 nitrogen and oxygen atoms in total. The van der Waals surface area contributed by atoms with Crippen LogP contribution in [0.4, 0.5) is 49.9 Å². The van der Waals surface area contributed by atoms with Crippen molar-refractivity contribution in [2.24, 2.45) is 0 Å². The Morgan fingerprint density at radius 1 is 0.561 bits per heavy atom. The quantitative estimate of drug-likeness (QED) is 0.0756. The van der Waals surface area contributed by atoms with E-state index >= 15 is 0 Å². The monoisotopic (exact) mass is 1200 g/mol. The molecule has 2 unspecified atom stereocenters. The molecule has 0 saturated carbocycles. The van der Waals surface area contributed by atoms with Gasteiger partial charge in [0.05, 0.1) is 42.8 Å². The van der Waals surface area contributed by atoms with Gasteiger partial charge < -0.3 is 20.4 Å². The van der Waals surface area contributed by atoms with E-state index in [1.165, 1.54) is 46.6 Å². The summed E-state index contributed by atoms with van der Waals surface area (Å²) >= 11 is 2.87. The maximum atomic E-state index is 13.9. The molecule has 0 radical (unpaired) electrons. The van der Waals surface area contributed by atoms with Gasteiger partial charge in [0.2, 0.25) is 11.8 Å². The van der Waals surface area contributed by atoms with Crippen molar-refractivity contribution in [3.8, 4) is 0 Å². The lowest BCUT2D eigenvalue weighted by molar-refractivity contribution is -0.120. The van der Waals surface area contributed by atoms with Crippen LogP contribution in [0.2, 0.25) is 0 Å². The van der Waals surface area contributed by atoms with E-state index in [0.717, 1.165) is 53.4 Å². The number of hydrogen-bond acceptors (Lipinski definition) is 12. The first-order valence-electron chi connectivity index (χ1n) is 25.6. The molecule has 2 aromatic heterocycles. The van der Waals surface area contributed by atoms with Gasteiger partial charge >= 0.3 is 32.5 Å². The molecule has 10 rings (SSSR count). The molecule has 4 atom stereocenters. The van der Waals surface area contributed by atoms with Crippen LogP contribution in [0.25, 0.3) is 20.4 Å². The molecule has 4 N–H and O–H groups in total. The zero-order chi connectivity index (χ0) is 58.6. The summed E-state index contributed by atoms with van der Waals surface area (Å²) in [6.07, 6.45) is 1.89. The van der Waals surface area contributed by atoms with Gasteiger partial charge in [-0.3, -0.25) is 18.2 Å². The van der Waals surface area contributed by atoms with Crippen molar-refractivity contribution >= 4 is 110 Å². The summed E-state index contributed by atoms with van der Waals surface area (Å²) < 4.78 is 117. The fourth-order valence-corrected chi connectivity index (χ4v) is 14.0. The Bertz CT molecular complexity index is 3670. The second-order valence-corrected chi connectivity index (χ2v) is 24.5. The maximum absolute atomic E-state index is 13.9. The topological polar surface area (TPSA) is 223 Å². The minimum atomic E-state index is -4.37. The van der Waals surface area contributed by atoms with Crippen molar-refractivity contribution < 1.29 is 53.6 Å². The van der Waals surface area contributed by atoms with E-state index in [1.807, 2.05) is 33.7 Å². The molecule has 0 fully saturated rings. The van der Waals surface area contributed by atoms with Crippen LogP contribution in [-0.2, 0) is 55.7 Å². The van der Waals surface area contributed by atoms with Crippen LogP contribution in [-0.4, -0.2) is 88.9 Å². The van der Waals surface area contributed by atoms with E-state index in [-0.39, 0.29) is 24.0 Å². The molecular weight excluding hydrogens is 1140 g/mol. The van der Waals surface area contributed by atoms with E-state index in [9.17, 15) is 53.6 Å². The summed E-state index contributed by atoms with van der Waals surface area (Å²) in [5.41, 5.74) is 8.42. The summed E-state index contributed by atoms with van der Waals surface area (Å²) in [5, 5.41) is 4.83. The molecule has 2 aliphatic heterocycles. The zero-order valence-corrected chi connectivity index (χ0v) is 47.6. The number of thiazole rings is 2. The minimum absolute atomic E-state index is 0.103. The Hall–Kier alpha value is -8.20. The summed E-state index contributed by atoms with van der Waals surface area (Å²) in [4.78, 5) is 64.5. The van der Waals surface area contributed by atoms with Gasteiger partial charge in [0.15, 0.2) is 0 Å². The Morgan fingerprint density at radius 3 is 1.30 bits per heavy atom. The predicted molar refractivity (Wildman–Crippen MR) is 308 cm³/mol. The van der Waals surface area contributed by atoms with E-state index < -0.39 is 91.7 Å². The molecule has 0 aliphatic carbocycles. The first-order chi connectivity index (χ1) is 39.0. The minimum Gasteiger partial charge on any atom is -0.325 e. The number of aromatic nitrogens is 2. The Labute approximate surface area is 478 Å². The van der Waals surface area contributed by atoms with Crippen LogP contribution in [0.15, 0.2) is 132 Å². The number of aryl methyl sites for hydroxylation is 2. The summed E-state index contributed by atoms with van der Waals surface area (Å²) in [6.45, 7) is 3.48. The Kier molecular flexibility index (Phi) is 17.5.